The second-order valence-corrected chi connectivity index (χ2v) is 7.47. The molecule has 0 aromatic carbocycles. The van der Waals surface area contributed by atoms with Gasteiger partial charge in [-0.1, -0.05) is 20.3 Å². The maximum atomic E-state index is 12.7. The highest BCUT2D eigenvalue weighted by Gasteiger charge is 2.76. The van der Waals surface area contributed by atoms with Crippen molar-refractivity contribution in [2.45, 2.75) is 82.4 Å². The third-order valence-corrected chi connectivity index (χ3v) is 6.07. The van der Waals surface area contributed by atoms with Crippen LogP contribution in [0.2, 0.25) is 0 Å². The molecule has 2 heterocycles. The first-order valence-electron chi connectivity index (χ1n) is 8.03. The predicted molar refractivity (Wildman–Crippen MR) is 72.2 cm³/mol. The standard InChI is InChI=1S/C16H24O4/c1-9-7-12-13(18-12)8-11(9)19-14(17)16-10(2)5-4-6-15(16,3)20-16/h9-13H,4-8H2,1-3H3. The van der Waals surface area contributed by atoms with Gasteiger partial charge in [0.2, 0.25) is 0 Å². The van der Waals surface area contributed by atoms with Crippen LogP contribution >= 0.6 is 0 Å². The molecule has 7 unspecified atom stereocenters. The van der Waals surface area contributed by atoms with Crippen molar-refractivity contribution in [3.8, 4) is 0 Å². The van der Waals surface area contributed by atoms with Gasteiger partial charge in [0.1, 0.15) is 11.7 Å². The molecule has 7 atom stereocenters. The second-order valence-electron chi connectivity index (χ2n) is 7.47. The van der Waals surface area contributed by atoms with Gasteiger partial charge in [-0.3, -0.25) is 0 Å². The van der Waals surface area contributed by atoms with Crippen LogP contribution in [0.3, 0.4) is 0 Å². The van der Waals surface area contributed by atoms with Gasteiger partial charge < -0.3 is 14.2 Å². The minimum absolute atomic E-state index is 0.00296. The molecule has 20 heavy (non-hydrogen) atoms. The first kappa shape index (κ1) is 13.1. The van der Waals surface area contributed by atoms with Gasteiger partial charge in [0, 0.05) is 6.42 Å². The fraction of sp³-hybridized carbons (Fsp3) is 0.938. The minimum atomic E-state index is -0.660. The highest BCUT2D eigenvalue weighted by atomic mass is 16.7. The topological polar surface area (TPSA) is 51.4 Å². The van der Waals surface area contributed by atoms with Crippen LogP contribution in [-0.2, 0) is 19.0 Å². The van der Waals surface area contributed by atoms with Crippen molar-refractivity contribution in [3.05, 3.63) is 0 Å². The van der Waals surface area contributed by atoms with Gasteiger partial charge in [-0.25, -0.2) is 4.79 Å². The summed E-state index contributed by atoms with van der Waals surface area (Å²) in [6.07, 6.45) is 5.81. The summed E-state index contributed by atoms with van der Waals surface area (Å²) in [5.41, 5.74) is -0.940. The van der Waals surface area contributed by atoms with E-state index in [2.05, 4.69) is 20.8 Å². The zero-order valence-electron chi connectivity index (χ0n) is 12.6. The smallest absolute Gasteiger partial charge is 0.342 e. The molecule has 4 fully saturated rings. The van der Waals surface area contributed by atoms with Crippen molar-refractivity contribution in [1.82, 2.24) is 0 Å². The Labute approximate surface area is 120 Å². The molecule has 0 N–H and O–H groups in total. The summed E-state index contributed by atoms with van der Waals surface area (Å²) in [7, 11) is 0. The van der Waals surface area contributed by atoms with Gasteiger partial charge in [0.05, 0.1) is 12.2 Å². The van der Waals surface area contributed by atoms with Gasteiger partial charge >= 0.3 is 5.97 Å². The predicted octanol–water partition coefficient (Wildman–Crippen LogP) is 2.44. The van der Waals surface area contributed by atoms with Crippen molar-refractivity contribution in [3.63, 3.8) is 0 Å². The summed E-state index contributed by atoms with van der Waals surface area (Å²) in [6.45, 7) is 6.34. The van der Waals surface area contributed by atoms with E-state index < -0.39 is 5.60 Å². The number of rotatable bonds is 2. The zero-order chi connectivity index (χ0) is 14.1. The Morgan fingerprint density at radius 3 is 2.75 bits per heavy atom. The Balaban J connectivity index is 1.48. The fourth-order valence-corrected chi connectivity index (χ4v) is 4.56. The molecule has 4 rings (SSSR count). The van der Waals surface area contributed by atoms with Gasteiger partial charge in [-0.15, -0.1) is 0 Å². The average Bonchev–Trinajstić information content (AvgIpc) is 3.24. The van der Waals surface area contributed by atoms with Crippen LogP contribution < -0.4 is 0 Å². The summed E-state index contributed by atoms with van der Waals surface area (Å²) in [5.74, 6) is 0.531. The average molecular weight is 280 g/mol. The molecule has 2 aliphatic heterocycles. The zero-order valence-corrected chi connectivity index (χ0v) is 12.6. The molecule has 2 saturated heterocycles. The summed E-state index contributed by atoms with van der Waals surface area (Å²) in [5, 5.41) is 0. The lowest BCUT2D eigenvalue weighted by atomic mass is 9.73. The van der Waals surface area contributed by atoms with Crippen LogP contribution in [0.15, 0.2) is 0 Å². The van der Waals surface area contributed by atoms with E-state index in [9.17, 15) is 4.79 Å². The highest BCUT2D eigenvalue weighted by molar-refractivity contribution is 5.85. The van der Waals surface area contributed by atoms with E-state index in [0.717, 1.165) is 32.1 Å². The number of esters is 1. The fourth-order valence-electron chi connectivity index (χ4n) is 4.56. The van der Waals surface area contributed by atoms with E-state index in [-0.39, 0.29) is 23.6 Å². The Bertz CT molecular complexity index is 450. The molecule has 2 saturated carbocycles. The molecular formula is C16H24O4. The summed E-state index contributed by atoms with van der Waals surface area (Å²) >= 11 is 0. The van der Waals surface area contributed by atoms with Crippen LogP contribution in [0.1, 0.15) is 52.9 Å². The molecule has 2 aliphatic carbocycles. The van der Waals surface area contributed by atoms with Gasteiger partial charge in [-0.2, -0.15) is 0 Å². The second kappa shape index (κ2) is 3.98. The molecule has 112 valence electrons. The molecule has 0 radical (unpaired) electrons. The first-order chi connectivity index (χ1) is 9.46. The van der Waals surface area contributed by atoms with Crippen molar-refractivity contribution < 1.29 is 19.0 Å². The van der Waals surface area contributed by atoms with Gasteiger partial charge in [0.25, 0.3) is 0 Å². The lowest BCUT2D eigenvalue weighted by Crippen LogP contribution is -2.45. The SMILES string of the molecule is CC1CC2OC2CC1OC(=O)C12OC1(C)CCCC2C. The highest BCUT2D eigenvalue weighted by Crippen LogP contribution is 2.60. The Morgan fingerprint density at radius 1 is 1.25 bits per heavy atom. The van der Waals surface area contributed by atoms with E-state index in [1.165, 1.54) is 0 Å². The maximum absolute atomic E-state index is 12.7. The Morgan fingerprint density at radius 2 is 2.00 bits per heavy atom. The summed E-state index contributed by atoms with van der Waals surface area (Å²) in [6, 6.07) is 0. The van der Waals surface area contributed by atoms with Crippen molar-refractivity contribution in [1.29, 1.82) is 0 Å². The number of carbonyl (C=O) groups is 1. The van der Waals surface area contributed by atoms with E-state index in [1.54, 1.807) is 0 Å². The monoisotopic (exact) mass is 280 g/mol. The van der Waals surface area contributed by atoms with E-state index in [1.807, 2.05) is 0 Å². The van der Waals surface area contributed by atoms with E-state index in [4.69, 9.17) is 14.2 Å². The Hall–Kier alpha value is -0.610. The Kier molecular flexibility index (Phi) is 2.60. The third-order valence-electron chi connectivity index (χ3n) is 6.07. The van der Waals surface area contributed by atoms with Crippen molar-refractivity contribution >= 4 is 5.97 Å². The van der Waals surface area contributed by atoms with Crippen molar-refractivity contribution in [2.75, 3.05) is 0 Å². The van der Waals surface area contributed by atoms with Gasteiger partial charge in [-0.05, 0) is 38.0 Å². The molecule has 4 nitrogen and oxygen atoms in total. The third kappa shape index (κ3) is 1.64. The lowest BCUT2D eigenvalue weighted by Gasteiger charge is -2.31. The lowest BCUT2D eigenvalue weighted by molar-refractivity contribution is -0.162. The number of epoxide rings is 2. The molecule has 0 amide bonds. The molecule has 0 bridgehead atoms. The molecule has 4 heteroatoms. The number of hydrogen-bond donors (Lipinski definition) is 0. The summed E-state index contributed by atoms with van der Waals surface area (Å²) in [4.78, 5) is 12.7. The summed E-state index contributed by atoms with van der Waals surface area (Å²) < 4.78 is 17.4. The van der Waals surface area contributed by atoms with Crippen LogP contribution in [0.4, 0.5) is 0 Å². The maximum Gasteiger partial charge on any atom is 0.342 e. The molecule has 4 aliphatic rings. The number of hydrogen-bond acceptors (Lipinski definition) is 4. The molecular weight excluding hydrogens is 256 g/mol. The van der Waals surface area contributed by atoms with Crippen LogP contribution in [0.25, 0.3) is 0 Å². The molecule has 0 aromatic rings. The quantitative estimate of drug-likeness (QED) is 0.576. The number of ether oxygens (including phenoxy) is 3. The van der Waals surface area contributed by atoms with Crippen molar-refractivity contribution in [2.24, 2.45) is 11.8 Å². The number of fused-ring (bicyclic) bond motifs is 2. The molecule has 0 aromatic heterocycles. The van der Waals surface area contributed by atoms with E-state index >= 15 is 0 Å². The number of carbonyl (C=O) groups excluding carboxylic acids is 1. The molecule has 0 spiro atoms. The van der Waals surface area contributed by atoms with Crippen LogP contribution in [-0.4, -0.2) is 35.5 Å². The normalized spacial score (nSPS) is 56.5. The van der Waals surface area contributed by atoms with Gasteiger partial charge in [0.15, 0.2) is 5.60 Å². The largest absolute Gasteiger partial charge is 0.460 e. The first-order valence-corrected chi connectivity index (χ1v) is 8.03. The van der Waals surface area contributed by atoms with Crippen LogP contribution in [0, 0.1) is 11.8 Å². The minimum Gasteiger partial charge on any atom is -0.460 e. The van der Waals surface area contributed by atoms with Crippen LogP contribution in [0.5, 0.6) is 0 Å². The van der Waals surface area contributed by atoms with E-state index in [0.29, 0.717) is 18.1 Å².